The van der Waals surface area contributed by atoms with Crippen molar-refractivity contribution in [3.63, 3.8) is 0 Å². The number of aromatic nitrogens is 1. The highest BCUT2D eigenvalue weighted by atomic mass is 16.5. The van der Waals surface area contributed by atoms with Crippen LogP contribution >= 0.6 is 0 Å². The van der Waals surface area contributed by atoms with E-state index in [1.165, 1.54) is 11.1 Å². The quantitative estimate of drug-likeness (QED) is 0.788. The summed E-state index contributed by atoms with van der Waals surface area (Å²) in [5.41, 5.74) is 3.99. The molecule has 0 fully saturated rings. The number of hydrogen-bond acceptors (Lipinski definition) is 3. The summed E-state index contributed by atoms with van der Waals surface area (Å²) in [5, 5.41) is 0. The molecule has 0 N–H and O–H groups in total. The largest absolute Gasteiger partial charge is 0.462 e. The van der Waals surface area contributed by atoms with E-state index >= 15 is 0 Å². The zero-order valence-electron chi connectivity index (χ0n) is 11.2. The summed E-state index contributed by atoms with van der Waals surface area (Å²) in [7, 11) is 0. The Hall–Kier alpha value is -2.16. The van der Waals surface area contributed by atoms with Gasteiger partial charge in [0, 0.05) is 11.9 Å². The molecule has 2 aromatic rings. The van der Waals surface area contributed by atoms with Gasteiger partial charge < -0.3 is 4.74 Å². The van der Waals surface area contributed by atoms with Crippen LogP contribution in [0.15, 0.2) is 42.6 Å². The lowest BCUT2D eigenvalue weighted by molar-refractivity contribution is 0.0526. The van der Waals surface area contributed by atoms with Crippen molar-refractivity contribution in [2.75, 3.05) is 6.61 Å². The van der Waals surface area contributed by atoms with Gasteiger partial charge in [0.2, 0.25) is 0 Å². The van der Waals surface area contributed by atoms with Crippen LogP contribution in [-0.2, 0) is 11.2 Å². The van der Waals surface area contributed by atoms with Crippen molar-refractivity contribution in [1.29, 1.82) is 0 Å². The van der Waals surface area contributed by atoms with Crippen molar-refractivity contribution in [3.8, 4) is 0 Å². The van der Waals surface area contributed by atoms with E-state index in [4.69, 9.17) is 4.74 Å². The Bertz CT molecular complexity index is 561. The summed E-state index contributed by atoms with van der Waals surface area (Å²) < 4.78 is 4.95. The van der Waals surface area contributed by atoms with E-state index in [-0.39, 0.29) is 5.97 Å². The summed E-state index contributed by atoms with van der Waals surface area (Å²) in [6, 6.07) is 11.6. The van der Waals surface area contributed by atoms with Crippen LogP contribution in [0.1, 0.15) is 34.1 Å². The number of esters is 1. The Kier molecular flexibility index (Phi) is 4.29. The maximum Gasteiger partial charge on any atom is 0.338 e. The molecule has 98 valence electrons. The van der Waals surface area contributed by atoms with Crippen LogP contribution < -0.4 is 0 Å². The number of ether oxygens (including phenoxy) is 1. The van der Waals surface area contributed by atoms with Crippen molar-refractivity contribution < 1.29 is 9.53 Å². The fourth-order valence-corrected chi connectivity index (χ4v) is 1.92. The molecule has 1 aromatic carbocycles. The van der Waals surface area contributed by atoms with Crippen molar-refractivity contribution in [3.05, 3.63) is 65.0 Å². The second-order valence-corrected chi connectivity index (χ2v) is 4.40. The van der Waals surface area contributed by atoms with Gasteiger partial charge in [0.1, 0.15) is 0 Å². The lowest BCUT2D eigenvalue weighted by atomic mass is 10.0. The number of rotatable bonds is 4. The van der Waals surface area contributed by atoms with Crippen molar-refractivity contribution in [2.24, 2.45) is 0 Å². The normalized spacial score (nSPS) is 10.2. The van der Waals surface area contributed by atoms with Gasteiger partial charge in [0.05, 0.1) is 12.2 Å². The molecule has 3 nitrogen and oxygen atoms in total. The molecule has 0 aliphatic carbocycles. The third kappa shape index (κ3) is 3.65. The fraction of sp³-hybridized carbons (Fsp3) is 0.250. The van der Waals surface area contributed by atoms with Gasteiger partial charge in [-0.3, -0.25) is 4.98 Å². The summed E-state index contributed by atoms with van der Waals surface area (Å²) in [6.45, 7) is 4.18. The zero-order chi connectivity index (χ0) is 13.7. The highest BCUT2D eigenvalue weighted by Gasteiger charge is 2.05. The molecule has 0 radical (unpaired) electrons. The first-order chi connectivity index (χ1) is 9.19. The number of carbonyl (C=O) groups excluding carboxylic acids is 1. The summed E-state index contributed by atoms with van der Waals surface area (Å²) in [5.74, 6) is -0.270. The van der Waals surface area contributed by atoms with Crippen LogP contribution in [0.2, 0.25) is 0 Å². The maximum absolute atomic E-state index is 11.5. The molecule has 3 heteroatoms. The molecule has 1 aromatic heterocycles. The van der Waals surface area contributed by atoms with E-state index in [9.17, 15) is 4.79 Å². The van der Waals surface area contributed by atoms with Crippen molar-refractivity contribution >= 4 is 5.97 Å². The molecule has 0 saturated heterocycles. The Morgan fingerprint density at radius 1 is 1.16 bits per heavy atom. The first-order valence-corrected chi connectivity index (χ1v) is 6.36. The Morgan fingerprint density at radius 2 is 1.89 bits per heavy atom. The van der Waals surface area contributed by atoms with Crippen molar-refractivity contribution in [1.82, 2.24) is 4.98 Å². The third-order valence-corrected chi connectivity index (χ3v) is 2.83. The average Bonchev–Trinajstić information content (AvgIpc) is 2.40. The molecular formula is C16H17NO2. The highest BCUT2D eigenvalue weighted by molar-refractivity contribution is 5.89. The van der Waals surface area contributed by atoms with Gasteiger partial charge in [-0.15, -0.1) is 0 Å². The maximum atomic E-state index is 11.5. The monoisotopic (exact) mass is 255 g/mol. The molecule has 0 aliphatic heterocycles. The van der Waals surface area contributed by atoms with Crippen LogP contribution in [0.3, 0.4) is 0 Å². The Balaban J connectivity index is 2.08. The van der Waals surface area contributed by atoms with E-state index in [2.05, 4.69) is 11.1 Å². The van der Waals surface area contributed by atoms with Gasteiger partial charge in [-0.05, 0) is 55.7 Å². The number of benzene rings is 1. The van der Waals surface area contributed by atoms with E-state index in [0.717, 1.165) is 12.1 Å². The second-order valence-electron chi connectivity index (χ2n) is 4.40. The van der Waals surface area contributed by atoms with Gasteiger partial charge >= 0.3 is 5.97 Å². The van der Waals surface area contributed by atoms with Gasteiger partial charge in [-0.2, -0.15) is 0 Å². The third-order valence-electron chi connectivity index (χ3n) is 2.83. The molecule has 0 aliphatic rings. The minimum atomic E-state index is -0.270. The predicted octanol–water partition coefficient (Wildman–Crippen LogP) is 3.16. The van der Waals surface area contributed by atoms with Crippen LogP contribution in [0.4, 0.5) is 0 Å². The molecule has 2 rings (SSSR count). The zero-order valence-corrected chi connectivity index (χ0v) is 11.2. The molecule has 0 bridgehead atoms. The van der Waals surface area contributed by atoms with Crippen LogP contribution in [-0.4, -0.2) is 17.6 Å². The van der Waals surface area contributed by atoms with Gasteiger partial charge in [0.15, 0.2) is 0 Å². The number of pyridine rings is 1. The average molecular weight is 255 g/mol. The van der Waals surface area contributed by atoms with Gasteiger partial charge in [0.25, 0.3) is 0 Å². The van der Waals surface area contributed by atoms with Gasteiger partial charge in [-0.25, -0.2) is 4.79 Å². The van der Waals surface area contributed by atoms with Crippen LogP contribution in [0.25, 0.3) is 0 Å². The molecule has 0 spiro atoms. The fourth-order valence-electron chi connectivity index (χ4n) is 1.92. The van der Waals surface area contributed by atoms with Crippen LogP contribution in [0.5, 0.6) is 0 Å². The van der Waals surface area contributed by atoms with E-state index < -0.39 is 0 Å². The Morgan fingerprint density at radius 3 is 2.53 bits per heavy atom. The highest BCUT2D eigenvalue weighted by Crippen LogP contribution is 2.12. The minimum absolute atomic E-state index is 0.270. The summed E-state index contributed by atoms with van der Waals surface area (Å²) in [6.07, 6.45) is 2.66. The predicted molar refractivity (Wildman–Crippen MR) is 74.2 cm³/mol. The topological polar surface area (TPSA) is 39.2 Å². The van der Waals surface area contributed by atoms with Crippen LogP contribution in [0, 0.1) is 6.92 Å². The lowest BCUT2D eigenvalue weighted by Crippen LogP contribution is -2.04. The number of aryl methyl sites for hydroxylation is 1. The van der Waals surface area contributed by atoms with Gasteiger partial charge in [-0.1, -0.05) is 12.1 Å². The number of hydrogen-bond donors (Lipinski definition) is 0. The molecular weight excluding hydrogens is 238 g/mol. The summed E-state index contributed by atoms with van der Waals surface area (Å²) >= 11 is 0. The van der Waals surface area contributed by atoms with Crippen molar-refractivity contribution in [2.45, 2.75) is 20.3 Å². The molecule has 0 amide bonds. The standard InChI is InChI=1S/C16H17NO2/c1-3-19-16(18)15-6-4-13(5-7-15)11-14-8-9-17-12(2)10-14/h4-10H,3,11H2,1-2H3. The van der Waals surface area contributed by atoms with E-state index in [1.54, 1.807) is 19.1 Å². The second kappa shape index (κ2) is 6.14. The minimum Gasteiger partial charge on any atom is -0.462 e. The molecule has 1 heterocycles. The molecule has 19 heavy (non-hydrogen) atoms. The SMILES string of the molecule is CCOC(=O)c1ccc(Cc2ccnc(C)c2)cc1. The Labute approximate surface area is 113 Å². The molecule has 0 saturated carbocycles. The smallest absolute Gasteiger partial charge is 0.338 e. The summed E-state index contributed by atoms with van der Waals surface area (Å²) in [4.78, 5) is 15.7. The molecule has 0 atom stereocenters. The number of nitrogens with zero attached hydrogens (tertiary/aromatic N) is 1. The lowest BCUT2D eigenvalue weighted by Gasteiger charge is -2.05. The first kappa shape index (κ1) is 13.3. The molecule has 0 unspecified atom stereocenters. The number of carbonyl (C=O) groups is 1. The first-order valence-electron chi connectivity index (χ1n) is 6.36. The van der Waals surface area contributed by atoms with E-state index in [0.29, 0.717) is 12.2 Å². The van der Waals surface area contributed by atoms with E-state index in [1.807, 2.05) is 31.3 Å².